The third kappa shape index (κ3) is 3.58. The molecule has 0 saturated heterocycles. The second-order valence-electron chi connectivity index (χ2n) is 5.28. The van der Waals surface area contributed by atoms with Crippen molar-refractivity contribution in [2.24, 2.45) is 5.73 Å². The normalized spacial score (nSPS) is 12.2. The minimum Gasteiger partial charge on any atom is -0.378 e. The Balaban J connectivity index is 2.06. The van der Waals surface area contributed by atoms with Gasteiger partial charge in [-0.3, -0.25) is 0 Å². The lowest BCUT2D eigenvalue weighted by Crippen LogP contribution is -2.13. The standard InChI is InChI=1S/C17H22N2/c1-13-4-8-15(9-5-13)17(18)12-14-6-10-16(11-7-14)19(2)3/h4-11,17H,12,18H2,1-3H3. The average molecular weight is 254 g/mol. The van der Waals surface area contributed by atoms with Crippen LogP contribution in [0.3, 0.4) is 0 Å². The maximum absolute atomic E-state index is 6.26. The fourth-order valence-corrected chi connectivity index (χ4v) is 2.12. The zero-order chi connectivity index (χ0) is 13.8. The van der Waals surface area contributed by atoms with E-state index in [1.807, 2.05) is 14.1 Å². The first-order valence-corrected chi connectivity index (χ1v) is 6.64. The fourth-order valence-electron chi connectivity index (χ4n) is 2.12. The van der Waals surface area contributed by atoms with Crippen LogP contribution in [0.25, 0.3) is 0 Å². The number of anilines is 1. The van der Waals surface area contributed by atoms with Crippen molar-refractivity contribution in [3.8, 4) is 0 Å². The third-order valence-electron chi connectivity index (χ3n) is 3.41. The summed E-state index contributed by atoms with van der Waals surface area (Å²) < 4.78 is 0. The molecule has 0 heterocycles. The highest BCUT2D eigenvalue weighted by Gasteiger charge is 2.07. The summed E-state index contributed by atoms with van der Waals surface area (Å²) in [5, 5.41) is 0. The van der Waals surface area contributed by atoms with Crippen LogP contribution in [0, 0.1) is 6.92 Å². The number of nitrogens with zero attached hydrogens (tertiary/aromatic N) is 1. The molecule has 0 aliphatic heterocycles. The number of nitrogens with two attached hydrogens (primary N) is 1. The van der Waals surface area contributed by atoms with Gasteiger partial charge in [0.1, 0.15) is 0 Å². The molecule has 1 atom stereocenters. The van der Waals surface area contributed by atoms with Gasteiger partial charge in [0, 0.05) is 25.8 Å². The summed E-state index contributed by atoms with van der Waals surface area (Å²) in [6.45, 7) is 2.09. The van der Waals surface area contributed by atoms with Crippen LogP contribution >= 0.6 is 0 Å². The van der Waals surface area contributed by atoms with Gasteiger partial charge >= 0.3 is 0 Å². The Morgan fingerprint density at radius 2 is 1.53 bits per heavy atom. The zero-order valence-corrected chi connectivity index (χ0v) is 11.9. The van der Waals surface area contributed by atoms with Gasteiger partial charge in [-0.15, -0.1) is 0 Å². The molecular weight excluding hydrogens is 232 g/mol. The van der Waals surface area contributed by atoms with Gasteiger partial charge in [0.15, 0.2) is 0 Å². The monoisotopic (exact) mass is 254 g/mol. The molecule has 2 aromatic carbocycles. The number of aryl methyl sites for hydroxylation is 1. The van der Waals surface area contributed by atoms with E-state index in [1.165, 1.54) is 22.4 Å². The molecule has 0 aromatic heterocycles. The van der Waals surface area contributed by atoms with E-state index in [4.69, 9.17) is 5.73 Å². The first-order valence-electron chi connectivity index (χ1n) is 6.64. The van der Waals surface area contributed by atoms with E-state index in [1.54, 1.807) is 0 Å². The molecule has 2 aromatic rings. The van der Waals surface area contributed by atoms with Crippen molar-refractivity contribution in [2.45, 2.75) is 19.4 Å². The van der Waals surface area contributed by atoms with Gasteiger partial charge in [-0.05, 0) is 36.6 Å². The minimum atomic E-state index is 0.0609. The van der Waals surface area contributed by atoms with E-state index < -0.39 is 0 Å². The summed E-state index contributed by atoms with van der Waals surface area (Å²) >= 11 is 0. The second-order valence-corrected chi connectivity index (χ2v) is 5.28. The highest BCUT2D eigenvalue weighted by Crippen LogP contribution is 2.19. The Morgan fingerprint density at radius 3 is 2.05 bits per heavy atom. The molecule has 0 radical (unpaired) electrons. The Kier molecular flexibility index (Phi) is 4.23. The molecule has 0 aliphatic rings. The topological polar surface area (TPSA) is 29.3 Å². The number of hydrogen-bond donors (Lipinski definition) is 1. The summed E-state index contributed by atoms with van der Waals surface area (Å²) in [6, 6.07) is 17.1. The number of rotatable bonds is 4. The molecule has 0 aliphatic carbocycles. The highest BCUT2D eigenvalue weighted by atomic mass is 15.1. The van der Waals surface area contributed by atoms with Crippen molar-refractivity contribution in [2.75, 3.05) is 19.0 Å². The molecular formula is C17H22N2. The lowest BCUT2D eigenvalue weighted by molar-refractivity contribution is 0.721. The molecule has 0 fully saturated rings. The summed E-state index contributed by atoms with van der Waals surface area (Å²) in [6.07, 6.45) is 0.872. The third-order valence-corrected chi connectivity index (χ3v) is 3.41. The summed E-state index contributed by atoms with van der Waals surface area (Å²) in [5.74, 6) is 0. The number of benzene rings is 2. The van der Waals surface area contributed by atoms with Crippen LogP contribution in [0.5, 0.6) is 0 Å². The second kappa shape index (κ2) is 5.89. The molecule has 2 nitrogen and oxygen atoms in total. The van der Waals surface area contributed by atoms with Crippen LogP contribution in [-0.2, 0) is 6.42 Å². The molecule has 0 bridgehead atoms. The van der Waals surface area contributed by atoms with Crippen molar-refractivity contribution in [3.63, 3.8) is 0 Å². The first kappa shape index (κ1) is 13.6. The molecule has 2 rings (SSSR count). The molecule has 2 heteroatoms. The Morgan fingerprint density at radius 1 is 0.947 bits per heavy atom. The average Bonchev–Trinajstić information content (AvgIpc) is 2.40. The van der Waals surface area contributed by atoms with Crippen molar-refractivity contribution in [3.05, 3.63) is 65.2 Å². The molecule has 2 N–H and O–H groups in total. The molecule has 100 valence electrons. The van der Waals surface area contributed by atoms with Crippen LogP contribution in [0.1, 0.15) is 22.7 Å². The van der Waals surface area contributed by atoms with Crippen molar-refractivity contribution in [1.29, 1.82) is 0 Å². The van der Waals surface area contributed by atoms with Crippen molar-refractivity contribution < 1.29 is 0 Å². The quantitative estimate of drug-likeness (QED) is 0.907. The van der Waals surface area contributed by atoms with Crippen molar-refractivity contribution >= 4 is 5.69 Å². The van der Waals surface area contributed by atoms with E-state index in [0.29, 0.717) is 0 Å². The summed E-state index contributed by atoms with van der Waals surface area (Å²) in [7, 11) is 4.10. The van der Waals surface area contributed by atoms with Gasteiger partial charge in [-0.2, -0.15) is 0 Å². The van der Waals surface area contributed by atoms with Gasteiger partial charge in [0.25, 0.3) is 0 Å². The zero-order valence-electron chi connectivity index (χ0n) is 11.9. The molecule has 19 heavy (non-hydrogen) atoms. The first-order chi connectivity index (χ1) is 9.06. The Labute approximate surface area is 115 Å². The lowest BCUT2D eigenvalue weighted by atomic mass is 9.99. The van der Waals surface area contributed by atoms with Crippen LogP contribution in [0.2, 0.25) is 0 Å². The SMILES string of the molecule is Cc1ccc(C(N)Cc2ccc(N(C)C)cc2)cc1. The predicted octanol–water partition coefficient (Wildman–Crippen LogP) is 3.30. The van der Waals surface area contributed by atoms with E-state index in [-0.39, 0.29) is 6.04 Å². The molecule has 0 amide bonds. The Bertz CT molecular complexity index is 512. The predicted molar refractivity (Wildman–Crippen MR) is 82.6 cm³/mol. The molecule has 0 saturated carbocycles. The van der Waals surface area contributed by atoms with Crippen LogP contribution in [0.15, 0.2) is 48.5 Å². The van der Waals surface area contributed by atoms with Gasteiger partial charge in [0.05, 0.1) is 0 Å². The van der Waals surface area contributed by atoms with Crippen LogP contribution in [0.4, 0.5) is 5.69 Å². The molecule has 1 unspecified atom stereocenters. The van der Waals surface area contributed by atoms with Gasteiger partial charge in [0.2, 0.25) is 0 Å². The highest BCUT2D eigenvalue weighted by molar-refractivity contribution is 5.46. The largest absolute Gasteiger partial charge is 0.378 e. The Hall–Kier alpha value is -1.80. The maximum atomic E-state index is 6.26. The van der Waals surface area contributed by atoms with Crippen LogP contribution < -0.4 is 10.6 Å². The lowest BCUT2D eigenvalue weighted by Gasteiger charge is -2.15. The van der Waals surface area contributed by atoms with Gasteiger partial charge in [-0.25, -0.2) is 0 Å². The number of hydrogen-bond acceptors (Lipinski definition) is 2. The smallest absolute Gasteiger partial charge is 0.0361 e. The van der Waals surface area contributed by atoms with Gasteiger partial charge in [-0.1, -0.05) is 42.0 Å². The maximum Gasteiger partial charge on any atom is 0.0361 e. The van der Waals surface area contributed by atoms with Gasteiger partial charge < -0.3 is 10.6 Å². The van der Waals surface area contributed by atoms with Crippen molar-refractivity contribution in [1.82, 2.24) is 0 Å². The van der Waals surface area contributed by atoms with E-state index in [0.717, 1.165) is 6.42 Å². The van der Waals surface area contributed by atoms with E-state index in [2.05, 4.69) is 60.4 Å². The summed E-state index contributed by atoms with van der Waals surface area (Å²) in [4.78, 5) is 2.10. The fraction of sp³-hybridized carbons (Fsp3) is 0.294. The van der Waals surface area contributed by atoms with E-state index in [9.17, 15) is 0 Å². The minimum absolute atomic E-state index is 0.0609. The van der Waals surface area contributed by atoms with Crippen LogP contribution in [-0.4, -0.2) is 14.1 Å². The molecule has 0 spiro atoms. The summed E-state index contributed by atoms with van der Waals surface area (Å²) in [5.41, 5.74) is 11.2. The van der Waals surface area contributed by atoms with E-state index >= 15 is 0 Å².